The maximum atomic E-state index is 5.98. The first-order valence-electron chi connectivity index (χ1n) is 8.84. The largest absolute Gasteiger partial charge is 0.378 e. The first kappa shape index (κ1) is 16.3. The normalized spacial score (nSPS) is 26.3. The van der Waals surface area contributed by atoms with Crippen LogP contribution in [0.5, 0.6) is 0 Å². The molecule has 23 heavy (non-hydrogen) atoms. The van der Waals surface area contributed by atoms with Crippen LogP contribution in [0.25, 0.3) is 0 Å². The summed E-state index contributed by atoms with van der Waals surface area (Å²) >= 11 is 0. The van der Waals surface area contributed by atoms with Gasteiger partial charge in [0.15, 0.2) is 5.96 Å². The number of hydrogen-bond donors (Lipinski definition) is 2. The molecule has 0 radical (unpaired) electrons. The van der Waals surface area contributed by atoms with Gasteiger partial charge in [-0.05, 0) is 33.1 Å². The summed E-state index contributed by atoms with van der Waals surface area (Å²) in [6, 6.07) is 2.30. The van der Waals surface area contributed by atoms with Gasteiger partial charge < -0.3 is 19.9 Å². The number of rotatable bonds is 6. The number of aliphatic imine (C=N–C) groups is 1. The van der Waals surface area contributed by atoms with Crippen molar-refractivity contribution < 1.29 is 9.26 Å². The Morgan fingerprint density at radius 3 is 2.91 bits per heavy atom. The van der Waals surface area contributed by atoms with Crippen molar-refractivity contribution in [3.8, 4) is 0 Å². The van der Waals surface area contributed by atoms with Crippen LogP contribution in [0.15, 0.2) is 21.8 Å². The molecule has 0 aliphatic heterocycles. The molecule has 1 aromatic heterocycles. The predicted octanol–water partition coefficient (Wildman–Crippen LogP) is 2.47. The van der Waals surface area contributed by atoms with Crippen LogP contribution in [0.4, 0.5) is 0 Å². The molecule has 0 bridgehead atoms. The number of ether oxygens (including phenoxy) is 1. The molecule has 1 aromatic rings. The molecule has 3 rings (SSSR count). The molecular weight excluding hydrogens is 292 g/mol. The van der Waals surface area contributed by atoms with Crippen LogP contribution in [-0.4, -0.2) is 36.4 Å². The zero-order valence-electron chi connectivity index (χ0n) is 14.2. The molecule has 0 amide bonds. The Hall–Kier alpha value is -1.56. The van der Waals surface area contributed by atoms with Gasteiger partial charge >= 0.3 is 0 Å². The average molecular weight is 320 g/mol. The lowest BCUT2D eigenvalue weighted by Crippen LogP contribution is -2.65. The third-order valence-corrected chi connectivity index (χ3v) is 5.23. The SMILES string of the molecule is CCNC(=NCc1ccon1)NC1CC(OCC)C12CCCC2. The molecule has 1 heterocycles. The van der Waals surface area contributed by atoms with Gasteiger partial charge in [-0.3, -0.25) is 0 Å². The summed E-state index contributed by atoms with van der Waals surface area (Å²) in [5, 5.41) is 10.9. The van der Waals surface area contributed by atoms with Crippen LogP contribution in [-0.2, 0) is 11.3 Å². The van der Waals surface area contributed by atoms with E-state index >= 15 is 0 Å². The van der Waals surface area contributed by atoms with E-state index in [2.05, 4.69) is 34.6 Å². The van der Waals surface area contributed by atoms with Crippen molar-refractivity contribution >= 4 is 5.96 Å². The molecule has 0 saturated heterocycles. The van der Waals surface area contributed by atoms with Gasteiger partial charge in [-0.1, -0.05) is 18.0 Å². The molecule has 0 aromatic carbocycles. The molecule has 2 unspecified atom stereocenters. The molecule has 6 heteroatoms. The first-order chi connectivity index (χ1) is 11.3. The third-order valence-electron chi connectivity index (χ3n) is 5.23. The zero-order chi connectivity index (χ0) is 16.1. The fourth-order valence-corrected chi connectivity index (χ4v) is 4.05. The van der Waals surface area contributed by atoms with E-state index < -0.39 is 0 Å². The van der Waals surface area contributed by atoms with Crippen LogP contribution in [0.1, 0.15) is 51.6 Å². The fraction of sp³-hybridized carbons (Fsp3) is 0.765. The Morgan fingerprint density at radius 2 is 2.26 bits per heavy atom. The summed E-state index contributed by atoms with van der Waals surface area (Å²) in [7, 11) is 0. The van der Waals surface area contributed by atoms with Crippen LogP contribution < -0.4 is 10.6 Å². The summed E-state index contributed by atoms with van der Waals surface area (Å²) in [5.74, 6) is 0.863. The van der Waals surface area contributed by atoms with Crippen molar-refractivity contribution in [2.75, 3.05) is 13.2 Å². The minimum Gasteiger partial charge on any atom is -0.378 e. The highest BCUT2D eigenvalue weighted by Crippen LogP contribution is 2.54. The highest BCUT2D eigenvalue weighted by molar-refractivity contribution is 5.80. The number of nitrogens with one attached hydrogen (secondary N) is 2. The Kier molecular flexibility index (Phi) is 5.20. The van der Waals surface area contributed by atoms with Gasteiger partial charge in [0.2, 0.25) is 0 Å². The lowest BCUT2D eigenvalue weighted by atomic mass is 9.60. The molecule has 128 valence electrons. The maximum absolute atomic E-state index is 5.98. The minimum absolute atomic E-state index is 0.306. The van der Waals surface area contributed by atoms with E-state index in [1.165, 1.54) is 25.7 Å². The van der Waals surface area contributed by atoms with Crippen molar-refractivity contribution in [1.82, 2.24) is 15.8 Å². The third kappa shape index (κ3) is 3.37. The van der Waals surface area contributed by atoms with Gasteiger partial charge in [0, 0.05) is 30.7 Å². The Labute approximate surface area is 138 Å². The van der Waals surface area contributed by atoms with Gasteiger partial charge in [-0.2, -0.15) is 0 Å². The van der Waals surface area contributed by atoms with Gasteiger partial charge in [-0.25, -0.2) is 4.99 Å². The Balaban J connectivity index is 1.64. The van der Waals surface area contributed by atoms with Gasteiger partial charge in [0.25, 0.3) is 0 Å². The standard InChI is InChI=1S/C17H28N4O2/c1-3-18-16(19-12-13-7-10-23-21-13)20-14-11-15(22-4-2)17(14)8-5-6-9-17/h7,10,14-15H,3-6,8-9,11-12H2,1-2H3,(H2,18,19,20). The lowest BCUT2D eigenvalue weighted by Gasteiger charge is -2.54. The van der Waals surface area contributed by atoms with E-state index in [1.807, 2.05) is 6.07 Å². The molecule has 1 spiro atoms. The quantitative estimate of drug-likeness (QED) is 0.622. The maximum Gasteiger partial charge on any atom is 0.191 e. The zero-order valence-corrected chi connectivity index (χ0v) is 14.2. The summed E-state index contributed by atoms with van der Waals surface area (Å²) in [6.45, 7) is 6.36. The molecule has 2 fully saturated rings. The molecule has 2 N–H and O–H groups in total. The Bertz CT molecular complexity index is 509. The molecule has 2 aliphatic rings. The van der Waals surface area contributed by atoms with Crippen molar-refractivity contribution in [2.45, 2.75) is 64.6 Å². The van der Waals surface area contributed by atoms with Crippen LogP contribution in [0.2, 0.25) is 0 Å². The molecular formula is C17H28N4O2. The second-order valence-corrected chi connectivity index (χ2v) is 6.50. The average Bonchev–Trinajstić information content (AvgIpc) is 3.23. The molecule has 2 atom stereocenters. The summed E-state index contributed by atoms with van der Waals surface area (Å²) in [6.07, 6.45) is 8.21. The Morgan fingerprint density at radius 1 is 1.43 bits per heavy atom. The summed E-state index contributed by atoms with van der Waals surface area (Å²) in [4.78, 5) is 4.63. The molecule has 2 aliphatic carbocycles. The van der Waals surface area contributed by atoms with Crippen LogP contribution in [0, 0.1) is 5.41 Å². The molecule has 6 nitrogen and oxygen atoms in total. The number of hydrogen-bond acceptors (Lipinski definition) is 4. The lowest BCUT2D eigenvalue weighted by molar-refractivity contribution is -0.125. The summed E-state index contributed by atoms with van der Waals surface area (Å²) < 4.78 is 10.8. The van der Waals surface area contributed by atoms with E-state index in [4.69, 9.17) is 9.26 Å². The van der Waals surface area contributed by atoms with Crippen molar-refractivity contribution in [3.05, 3.63) is 18.0 Å². The van der Waals surface area contributed by atoms with Crippen molar-refractivity contribution in [3.63, 3.8) is 0 Å². The van der Waals surface area contributed by atoms with Gasteiger partial charge in [0.1, 0.15) is 12.0 Å². The molecule has 2 saturated carbocycles. The van der Waals surface area contributed by atoms with E-state index in [0.29, 0.717) is 24.1 Å². The van der Waals surface area contributed by atoms with E-state index in [9.17, 15) is 0 Å². The topological polar surface area (TPSA) is 71.7 Å². The second-order valence-electron chi connectivity index (χ2n) is 6.50. The first-order valence-corrected chi connectivity index (χ1v) is 8.84. The van der Waals surface area contributed by atoms with Crippen molar-refractivity contribution in [1.29, 1.82) is 0 Å². The van der Waals surface area contributed by atoms with Crippen molar-refractivity contribution in [2.24, 2.45) is 10.4 Å². The minimum atomic E-state index is 0.306. The number of guanidine groups is 1. The van der Waals surface area contributed by atoms with Crippen LogP contribution >= 0.6 is 0 Å². The highest BCUT2D eigenvalue weighted by atomic mass is 16.5. The number of nitrogens with zero attached hydrogens (tertiary/aromatic N) is 2. The van der Waals surface area contributed by atoms with E-state index in [0.717, 1.165) is 31.2 Å². The number of aromatic nitrogens is 1. The summed E-state index contributed by atoms with van der Waals surface area (Å²) in [5.41, 5.74) is 1.15. The monoisotopic (exact) mass is 320 g/mol. The van der Waals surface area contributed by atoms with Gasteiger partial charge in [-0.15, -0.1) is 0 Å². The van der Waals surface area contributed by atoms with Crippen LogP contribution in [0.3, 0.4) is 0 Å². The van der Waals surface area contributed by atoms with Gasteiger partial charge in [0.05, 0.1) is 12.6 Å². The second kappa shape index (κ2) is 7.34. The fourth-order valence-electron chi connectivity index (χ4n) is 4.05. The smallest absolute Gasteiger partial charge is 0.191 e. The predicted molar refractivity (Wildman–Crippen MR) is 89.2 cm³/mol. The van der Waals surface area contributed by atoms with E-state index in [-0.39, 0.29) is 0 Å². The highest BCUT2D eigenvalue weighted by Gasteiger charge is 2.56. The van der Waals surface area contributed by atoms with E-state index in [1.54, 1.807) is 6.26 Å².